The highest BCUT2D eigenvalue weighted by Gasteiger charge is 2.36. The average molecular weight is 286 g/mol. The van der Waals surface area contributed by atoms with Crippen LogP contribution in [0.3, 0.4) is 0 Å². The second-order valence-corrected chi connectivity index (χ2v) is 5.42. The molecule has 1 fully saturated rings. The van der Waals surface area contributed by atoms with Crippen molar-refractivity contribution in [1.82, 2.24) is 10.2 Å². The first-order valence-corrected chi connectivity index (χ1v) is 6.71. The van der Waals surface area contributed by atoms with Crippen molar-refractivity contribution in [2.24, 2.45) is 5.92 Å². The minimum absolute atomic E-state index is 0.0524. The minimum atomic E-state index is -1.06. The van der Waals surface area contributed by atoms with Crippen molar-refractivity contribution >= 4 is 17.8 Å². The van der Waals surface area contributed by atoms with Crippen LogP contribution in [0.15, 0.2) is 0 Å². The van der Waals surface area contributed by atoms with E-state index < -0.39 is 18.2 Å². The summed E-state index contributed by atoms with van der Waals surface area (Å²) < 4.78 is 5.16. The van der Waals surface area contributed by atoms with Crippen molar-refractivity contribution in [3.63, 3.8) is 0 Å². The smallest absolute Gasteiger partial charge is 0.332 e. The van der Waals surface area contributed by atoms with Crippen LogP contribution < -0.4 is 5.32 Å². The third-order valence-electron chi connectivity index (χ3n) is 3.03. The molecular formula is C13H22N2O5. The number of carboxylic acids is 1. The number of likely N-dealkylation sites (N-methyl/N-ethyl adjacent to an activating group) is 1. The normalized spacial score (nSPS) is 21.8. The Kier molecular flexibility index (Phi) is 5.94. The van der Waals surface area contributed by atoms with Crippen LogP contribution in [0.25, 0.3) is 0 Å². The maximum absolute atomic E-state index is 12.0. The van der Waals surface area contributed by atoms with Gasteiger partial charge in [0.25, 0.3) is 5.91 Å². The van der Waals surface area contributed by atoms with E-state index in [0.717, 1.165) is 0 Å². The summed E-state index contributed by atoms with van der Waals surface area (Å²) in [6, 6.07) is 0. The molecule has 2 unspecified atom stereocenters. The molecule has 0 aromatic heterocycles. The first-order valence-electron chi connectivity index (χ1n) is 6.71. The Bertz CT molecular complexity index is 383. The van der Waals surface area contributed by atoms with E-state index in [1.807, 2.05) is 13.8 Å². The fourth-order valence-electron chi connectivity index (χ4n) is 1.91. The van der Waals surface area contributed by atoms with Crippen LogP contribution in [-0.4, -0.2) is 60.1 Å². The summed E-state index contributed by atoms with van der Waals surface area (Å²) in [4.78, 5) is 35.6. The topological polar surface area (TPSA) is 95.9 Å². The Hall–Kier alpha value is -1.63. The lowest BCUT2D eigenvalue weighted by Crippen LogP contribution is -2.43. The lowest BCUT2D eigenvalue weighted by molar-refractivity contribution is -0.155. The number of aliphatic carboxylic acids is 1. The number of ether oxygens (including phenoxy) is 1. The quantitative estimate of drug-likeness (QED) is 0.708. The van der Waals surface area contributed by atoms with Crippen LogP contribution in [0.1, 0.15) is 26.7 Å². The van der Waals surface area contributed by atoms with Crippen molar-refractivity contribution in [1.29, 1.82) is 0 Å². The molecule has 7 nitrogen and oxygen atoms in total. The molecule has 1 saturated heterocycles. The number of hydrogen-bond donors (Lipinski definition) is 2. The molecule has 0 saturated carbocycles. The van der Waals surface area contributed by atoms with E-state index in [1.165, 1.54) is 11.9 Å². The highest BCUT2D eigenvalue weighted by molar-refractivity contribution is 5.87. The maximum Gasteiger partial charge on any atom is 0.332 e. The first kappa shape index (κ1) is 16.4. The number of carboxylic acid groups (broad SMARTS) is 1. The molecule has 20 heavy (non-hydrogen) atoms. The summed E-state index contributed by atoms with van der Waals surface area (Å²) in [6.45, 7) is 4.46. The van der Waals surface area contributed by atoms with Gasteiger partial charge in [-0.15, -0.1) is 0 Å². The van der Waals surface area contributed by atoms with Gasteiger partial charge in [-0.05, 0) is 18.8 Å². The number of hydrogen-bond acceptors (Lipinski definition) is 4. The third-order valence-corrected chi connectivity index (χ3v) is 3.03. The van der Waals surface area contributed by atoms with E-state index in [4.69, 9.17) is 9.84 Å². The average Bonchev–Trinajstić information content (AvgIpc) is 2.85. The van der Waals surface area contributed by atoms with Gasteiger partial charge in [-0.3, -0.25) is 9.59 Å². The molecule has 0 aliphatic carbocycles. The lowest BCUT2D eigenvalue weighted by atomic mass is 10.2. The van der Waals surface area contributed by atoms with Gasteiger partial charge in [-0.1, -0.05) is 13.8 Å². The molecule has 1 aliphatic heterocycles. The standard InChI is InChI=1S/C13H22N2O5/c1-8(2)6-14-11(16)7-15(3)12(17)9-4-5-10(20-9)13(18)19/h8-10H,4-7H2,1-3H3,(H,14,16)(H,18,19). The Balaban J connectivity index is 2.40. The summed E-state index contributed by atoms with van der Waals surface area (Å²) in [5.74, 6) is -1.30. The maximum atomic E-state index is 12.0. The van der Waals surface area contributed by atoms with Crippen molar-refractivity contribution in [2.45, 2.75) is 38.9 Å². The highest BCUT2D eigenvalue weighted by Crippen LogP contribution is 2.21. The summed E-state index contributed by atoms with van der Waals surface area (Å²) >= 11 is 0. The van der Waals surface area contributed by atoms with Gasteiger partial charge >= 0.3 is 5.97 Å². The van der Waals surface area contributed by atoms with E-state index in [2.05, 4.69) is 5.32 Å². The second-order valence-electron chi connectivity index (χ2n) is 5.42. The summed E-state index contributed by atoms with van der Waals surface area (Å²) in [5.41, 5.74) is 0. The van der Waals surface area contributed by atoms with Gasteiger partial charge in [0.1, 0.15) is 6.10 Å². The summed E-state index contributed by atoms with van der Waals surface area (Å²) in [5, 5.41) is 11.5. The van der Waals surface area contributed by atoms with Crippen molar-refractivity contribution in [3.8, 4) is 0 Å². The SMILES string of the molecule is CC(C)CNC(=O)CN(C)C(=O)C1CCC(C(=O)O)O1. The Morgan fingerprint density at radius 1 is 1.30 bits per heavy atom. The molecule has 0 spiro atoms. The van der Waals surface area contributed by atoms with E-state index in [-0.39, 0.29) is 18.4 Å². The van der Waals surface area contributed by atoms with Gasteiger partial charge in [0.2, 0.25) is 5.91 Å². The van der Waals surface area contributed by atoms with Crippen LogP contribution in [0, 0.1) is 5.92 Å². The van der Waals surface area contributed by atoms with Crippen molar-refractivity contribution < 1.29 is 24.2 Å². The molecule has 1 heterocycles. The molecule has 0 radical (unpaired) electrons. The van der Waals surface area contributed by atoms with Crippen LogP contribution >= 0.6 is 0 Å². The molecule has 0 aromatic carbocycles. The molecule has 2 amide bonds. The first-order chi connectivity index (χ1) is 9.31. The molecule has 2 atom stereocenters. The molecule has 2 N–H and O–H groups in total. The number of nitrogens with one attached hydrogen (secondary N) is 1. The molecule has 0 bridgehead atoms. The summed E-state index contributed by atoms with van der Waals surface area (Å²) in [6.07, 6.45) is -1.00. The van der Waals surface area contributed by atoms with E-state index in [0.29, 0.717) is 25.3 Å². The van der Waals surface area contributed by atoms with Crippen LogP contribution in [0.2, 0.25) is 0 Å². The van der Waals surface area contributed by atoms with E-state index in [1.54, 1.807) is 0 Å². The number of amides is 2. The van der Waals surface area contributed by atoms with Gasteiger partial charge in [-0.25, -0.2) is 4.79 Å². The Morgan fingerprint density at radius 2 is 1.90 bits per heavy atom. The molecular weight excluding hydrogens is 264 g/mol. The lowest BCUT2D eigenvalue weighted by Gasteiger charge is -2.20. The number of carbonyl (C=O) groups excluding carboxylic acids is 2. The zero-order valence-corrected chi connectivity index (χ0v) is 12.1. The number of nitrogens with zero attached hydrogens (tertiary/aromatic N) is 1. The number of carbonyl (C=O) groups is 3. The number of rotatable bonds is 6. The highest BCUT2D eigenvalue weighted by atomic mass is 16.5. The molecule has 114 valence electrons. The van der Waals surface area contributed by atoms with E-state index >= 15 is 0 Å². The fourth-order valence-corrected chi connectivity index (χ4v) is 1.91. The largest absolute Gasteiger partial charge is 0.479 e. The van der Waals surface area contributed by atoms with Gasteiger partial charge in [0.15, 0.2) is 6.10 Å². The second kappa shape index (κ2) is 7.23. The summed E-state index contributed by atoms with van der Waals surface area (Å²) in [7, 11) is 1.51. The van der Waals surface area contributed by atoms with Crippen LogP contribution in [0.4, 0.5) is 0 Å². The van der Waals surface area contributed by atoms with E-state index in [9.17, 15) is 14.4 Å². The van der Waals surface area contributed by atoms with Crippen molar-refractivity contribution in [2.75, 3.05) is 20.1 Å². The Morgan fingerprint density at radius 3 is 2.40 bits per heavy atom. The fraction of sp³-hybridized carbons (Fsp3) is 0.769. The zero-order valence-electron chi connectivity index (χ0n) is 12.1. The monoisotopic (exact) mass is 286 g/mol. The van der Waals surface area contributed by atoms with Crippen molar-refractivity contribution in [3.05, 3.63) is 0 Å². The predicted molar refractivity (Wildman–Crippen MR) is 71.0 cm³/mol. The van der Waals surface area contributed by atoms with Crippen LogP contribution in [-0.2, 0) is 19.1 Å². The van der Waals surface area contributed by atoms with Crippen LogP contribution in [0.5, 0.6) is 0 Å². The van der Waals surface area contributed by atoms with Gasteiger partial charge in [-0.2, -0.15) is 0 Å². The molecule has 1 aliphatic rings. The molecule has 0 aromatic rings. The van der Waals surface area contributed by atoms with Gasteiger partial charge in [0.05, 0.1) is 6.54 Å². The van der Waals surface area contributed by atoms with Gasteiger partial charge < -0.3 is 20.1 Å². The predicted octanol–water partition coefficient (Wildman–Crippen LogP) is -0.151. The third kappa shape index (κ3) is 4.80. The molecule has 7 heteroatoms. The zero-order chi connectivity index (χ0) is 15.3. The molecule has 1 rings (SSSR count). The minimum Gasteiger partial charge on any atom is -0.479 e. The van der Waals surface area contributed by atoms with Gasteiger partial charge in [0, 0.05) is 13.6 Å². The Labute approximate surface area is 118 Å².